The molecule has 0 bridgehead atoms. The number of amides is 1. The first kappa shape index (κ1) is 15.9. The third kappa shape index (κ3) is 3.68. The van der Waals surface area contributed by atoms with Gasteiger partial charge in [0.1, 0.15) is 11.5 Å². The smallest absolute Gasteiger partial charge is 0.217 e. The van der Waals surface area contributed by atoms with Gasteiger partial charge in [-0.2, -0.15) is 0 Å². The van der Waals surface area contributed by atoms with Crippen LogP contribution in [0.4, 0.5) is 0 Å². The first-order valence-corrected chi connectivity index (χ1v) is 7.70. The molecule has 2 aromatic carbocycles. The predicted octanol–water partition coefficient (Wildman–Crippen LogP) is 3.06. The number of ether oxygens (including phenoxy) is 3. The molecule has 1 heterocycles. The third-order valence-corrected chi connectivity index (χ3v) is 3.63. The van der Waals surface area contributed by atoms with Gasteiger partial charge < -0.3 is 19.5 Å². The summed E-state index contributed by atoms with van der Waals surface area (Å²) in [6.07, 6.45) is 0.585. The van der Waals surface area contributed by atoms with Gasteiger partial charge in [-0.15, -0.1) is 0 Å². The molecule has 0 spiro atoms. The molecule has 0 aromatic heterocycles. The molecular formula is C19H19NO4. The van der Waals surface area contributed by atoms with Gasteiger partial charge in [-0.25, -0.2) is 0 Å². The molecular weight excluding hydrogens is 306 g/mol. The first-order chi connectivity index (χ1) is 11.7. The minimum absolute atomic E-state index is 0.124. The number of benzene rings is 2. The molecule has 1 N–H and O–H groups in total. The molecule has 5 nitrogen and oxygen atoms in total. The van der Waals surface area contributed by atoms with E-state index in [-0.39, 0.29) is 12.5 Å². The van der Waals surface area contributed by atoms with E-state index in [9.17, 15) is 4.79 Å². The van der Waals surface area contributed by atoms with Crippen LogP contribution >= 0.6 is 0 Å². The highest BCUT2D eigenvalue weighted by Crippen LogP contribution is 2.38. The summed E-state index contributed by atoms with van der Waals surface area (Å²) in [5.41, 5.74) is 1.10. The molecule has 0 unspecified atom stereocenters. The number of carbonyl (C=O) groups excluding carboxylic acids is 1. The maximum Gasteiger partial charge on any atom is 0.217 e. The zero-order valence-electron chi connectivity index (χ0n) is 13.7. The summed E-state index contributed by atoms with van der Waals surface area (Å²) >= 11 is 0. The van der Waals surface area contributed by atoms with E-state index in [1.165, 1.54) is 6.92 Å². The minimum Gasteiger partial charge on any atom is -0.497 e. The fourth-order valence-corrected chi connectivity index (χ4v) is 2.41. The number of hydrogen-bond acceptors (Lipinski definition) is 4. The molecule has 124 valence electrons. The molecule has 2 aromatic rings. The summed E-state index contributed by atoms with van der Waals surface area (Å²) in [6.45, 7) is 1.74. The van der Waals surface area contributed by atoms with Crippen molar-refractivity contribution in [2.24, 2.45) is 0 Å². The summed E-state index contributed by atoms with van der Waals surface area (Å²) in [5.74, 6) is 3.05. The quantitative estimate of drug-likeness (QED) is 0.918. The summed E-state index contributed by atoms with van der Waals surface area (Å²) in [6, 6.07) is 15.4. The predicted molar refractivity (Wildman–Crippen MR) is 90.1 cm³/mol. The number of nitrogens with one attached hydrogen (secondary N) is 1. The maximum absolute atomic E-state index is 11.2. The monoisotopic (exact) mass is 325 g/mol. The second-order valence-electron chi connectivity index (χ2n) is 5.44. The number of rotatable bonds is 5. The van der Waals surface area contributed by atoms with E-state index < -0.39 is 0 Å². The highest BCUT2D eigenvalue weighted by Gasteiger charge is 2.22. The van der Waals surface area contributed by atoms with Crippen molar-refractivity contribution in [2.45, 2.75) is 13.3 Å². The Kier molecular flexibility index (Phi) is 4.70. The molecule has 0 atom stereocenters. The lowest BCUT2D eigenvalue weighted by Crippen LogP contribution is -2.28. The standard InChI is InChI=1S/C19H19NO4/c1-13(21)20-12-19-17(10-14-6-4-3-5-7-14)23-16-9-8-15(22-2)11-18(16)24-19/h3-9,11H,10,12H2,1-2H3,(H,20,21). The molecule has 0 saturated carbocycles. The number of carbonyl (C=O) groups is 1. The number of methoxy groups -OCH3 is 1. The van der Waals surface area contributed by atoms with Crippen molar-refractivity contribution >= 4 is 5.91 Å². The Hall–Kier alpha value is -2.95. The second-order valence-corrected chi connectivity index (χ2v) is 5.44. The zero-order valence-corrected chi connectivity index (χ0v) is 13.7. The normalized spacial score (nSPS) is 12.8. The molecule has 0 fully saturated rings. The Balaban J connectivity index is 1.89. The molecule has 0 radical (unpaired) electrons. The topological polar surface area (TPSA) is 56.8 Å². The summed E-state index contributed by atoms with van der Waals surface area (Å²) in [5, 5.41) is 2.76. The molecule has 3 rings (SSSR count). The molecule has 24 heavy (non-hydrogen) atoms. The molecule has 0 aliphatic carbocycles. The van der Waals surface area contributed by atoms with E-state index in [0.717, 1.165) is 5.56 Å². The SMILES string of the molecule is COc1ccc2c(c1)OC(CNC(C)=O)=C(Cc1ccccc1)O2. The van der Waals surface area contributed by atoms with Crippen LogP contribution in [0.5, 0.6) is 17.2 Å². The van der Waals surface area contributed by atoms with Crippen molar-refractivity contribution in [3.63, 3.8) is 0 Å². The molecule has 0 saturated heterocycles. The molecule has 1 aliphatic heterocycles. The van der Waals surface area contributed by atoms with Gasteiger partial charge in [-0.3, -0.25) is 4.79 Å². The lowest BCUT2D eigenvalue weighted by molar-refractivity contribution is -0.118. The van der Waals surface area contributed by atoms with Gasteiger partial charge in [0, 0.05) is 19.4 Å². The van der Waals surface area contributed by atoms with Gasteiger partial charge in [-0.1, -0.05) is 30.3 Å². The Morgan fingerprint density at radius 2 is 1.79 bits per heavy atom. The third-order valence-electron chi connectivity index (χ3n) is 3.63. The van der Waals surface area contributed by atoms with Gasteiger partial charge in [-0.05, 0) is 17.7 Å². The number of hydrogen-bond donors (Lipinski definition) is 1. The maximum atomic E-state index is 11.2. The van der Waals surface area contributed by atoms with Crippen LogP contribution in [0, 0.1) is 0 Å². The van der Waals surface area contributed by atoms with Gasteiger partial charge in [0.15, 0.2) is 17.3 Å². The van der Waals surface area contributed by atoms with Crippen molar-refractivity contribution in [1.29, 1.82) is 0 Å². The van der Waals surface area contributed by atoms with Crippen molar-refractivity contribution in [3.8, 4) is 17.2 Å². The van der Waals surface area contributed by atoms with E-state index in [0.29, 0.717) is 35.2 Å². The summed E-state index contributed by atoms with van der Waals surface area (Å²) in [7, 11) is 1.60. The van der Waals surface area contributed by atoms with Gasteiger partial charge in [0.25, 0.3) is 0 Å². The lowest BCUT2D eigenvalue weighted by Gasteiger charge is -2.24. The first-order valence-electron chi connectivity index (χ1n) is 7.70. The van der Waals surface area contributed by atoms with Crippen molar-refractivity contribution in [1.82, 2.24) is 5.32 Å². The minimum atomic E-state index is -0.124. The Labute approximate surface area is 140 Å². The Morgan fingerprint density at radius 1 is 1.04 bits per heavy atom. The van der Waals surface area contributed by atoms with Crippen LogP contribution in [0.25, 0.3) is 0 Å². The van der Waals surface area contributed by atoms with E-state index >= 15 is 0 Å². The average molecular weight is 325 g/mol. The summed E-state index contributed by atoms with van der Waals surface area (Å²) < 4.78 is 17.2. The highest BCUT2D eigenvalue weighted by molar-refractivity contribution is 5.73. The Bertz CT molecular complexity index is 768. The molecule has 1 amide bonds. The fraction of sp³-hybridized carbons (Fsp3) is 0.211. The second kappa shape index (κ2) is 7.08. The van der Waals surface area contributed by atoms with Crippen LogP contribution in [0.3, 0.4) is 0 Å². The Morgan fingerprint density at radius 3 is 2.50 bits per heavy atom. The number of fused-ring (bicyclic) bond motifs is 1. The lowest BCUT2D eigenvalue weighted by atomic mass is 10.1. The average Bonchev–Trinajstić information content (AvgIpc) is 2.60. The van der Waals surface area contributed by atoms with E-state index in [1.807, 2.05) is 42.5 Å². The van der Waals surface area contributed by atoms with Gasteiger partial charge in [0.2, 0.25) is 5.91 Å². The van der Waals surface area contributed by atoms with E-state index in [2.05, 4.69) is 5.32 Å². The van der Waals surface area contributed by atoms with Crippen LogP contribution in [0.1, 0.15) is 12.5 Å². The summed E-state index contributed by atoms with van der Waals surface area (Å²) in [4.78, 5) is 11.2. The largest absolute Gasteiger partial charge is 0.497 e. The number of allylic oxidation sites excluding steroid dienone is 1. The van der Waals surface area contributed by atoms with Crippen LogP contribution in [-0.2, 0) is 11.2 Å². The van der Waals surface area contributed by atoms with Gasteiger partial charge >= 0.3 is 0 Å². The van der Waals surface area contributed by atoms with Gasteiger partial charge in [0.05, 0.1) is 13.7 Å². The van der Waals surface area contributed by atoms with Crippen molar-refractivity contribution in [2.75, 3.05) is 13.7 Å². The van der Waals surface area contributed by atoms with Crippen LogP contribution in [0.15, 0.2) is 60.0 Å². The van der Waals surface area contributed by atoms with Crippen LogP contribution in [-0.4, -0.2) is 19.6 Å². The van der Waals surface area contributed by atoms with E-state index in [1.54, 1.807) is 13.2 Å². The van der Waals surface area contributed by atoms with Crippen molar-refractivity contribution in [3.05, 3.63) is 65.6 Å². The molecule has 5 heteroatoms. The van der Waals surface area contributed by atoms with Crippen LogP contribution in [0.2, 0.25) is 0 Å². The van der Waals surface area contributed by atoms with Crippen LogP contribution < -0.4 is 19.5 Å². The zero-order chi connectivity index (χ0) is 16.9. The fourth-order valence-electron chi connectivity index (χ4n) is 2.41. The highest BCUT2D eigenvalue weighted by atomic mass is 16.6. The van der Waals surface area contributed by atoms with E-state index in [4.69, 9.17) is 14.2 Å². The van der Waals surface area contributed by atoms with Crippen molar-refractivity contribution < 1.29 is 19.0 Å². The molecule has 1 aliphatic rings.